The molecule has 0 aromatic carbocycles. The van der Waals surface area contributed by atoms with Gasteiger partial charge in [-0.15, -0.1) is 0 Å². The van der Waals surface area contributed by atoms with Crippen LogP contribution in [0.15, 0.2) is 17.8 Å². The maximum absolute atomic E-state index is 4.34. The summed E-state index contributed by atoms with van der Waals surface area (Å²) in [4.78, 5) is 4.34. The first-order chi connectivity index (χ1) is 5.59. The van der Waals surface area contributed by atoms with Gasteiger partial charge in [0.2, 0.25) is 0 Å². The highest BCUT2D eigenvalue weighted by molar-refractivity contribution is 5.51. The van der Waals surface area contributed by atoms with Crippen LogP contribution in [0, 0.1) is 13.8 Å². The quantitative estimate of drug-likeness (QED) is 0.616. The Labute approximate surface area is 74.2 Å². The first-order valence-electron chi connectivity index (χ1n) is 4.18. The van der Waals surface area contributed by atoms with Crippen molar-refractivity contribution in [2.75, 3.05) is 0 Å². The molecule has 0 aliphatic carbocycles. The van der Waals surface area contributed by atoms with Gasteiger partial charge in [0.25, 0.3) is 0 Å². The molecule has 0 saturated heterocycles. The molecular formula is C11H15N. The summed E-state index contributed by atoms with van der Waals surface area (Å²) in [7, 11) is 0. The minimum absolute atomic E-state index is 1.08. The molecule has 1 heterocycles. The first kappa shape index (κ1) is 8.98. The lowest BCUT2D eigenvalue weighted by Gasteiger charge is -2.00. The number of hydrogen-bond donors (Lipinski definition) is 0. The van der Waals surface area contributed by atoms with Crippen LogP contribution in [0.5, 0.6) is 0 Å². The second kappa shape index (κ2) is 3.53. The lowest BCUT2D eigenvalue weighted by atomic mass is 10.1. The van der Waals surface area contributed by atoms with E-state index in [9.17, 15) is 0 Å². The van der Waals surface area contributed by atoms with Gasteiger partial charge in [-0.05, 0) is 44.9 Å². The van der Waals surface area contributed by atoms with E-state index in [0.717, 1.165) is 5.69 Å². The fourth-order valence-electron chi connectivity index (χ4n) is 1.15. The number of pyridine rings is 1. The topological polar surface area (TPSA) is 12.9 Å². The van der Waals surface area contributed by atoms with Gasteiger partial charge in [0.05, 0.1) is 5.69 Å². The van der Waals surface area contributed by atoms with E-state index in [1.54, 1.807) is 0 Å². The Kier molecular flexibility index (Phi) is 2.64. The molecular weight excluding hydrogens is 146 g/mol. The van der Waals surface area contributed by atoms with Crippen LogP contribution in [0.25, 0.3) is 6.08 Å². The number of aromatic nitrogens is 1. The Morgan fingerprint density at radius 2 is 2.00 bits per heavy atom. The van der Waals surface area contributed by atoms with Crippen molar-refractivity contribution in [1.29, 1.82) is 0 Å². The highest BCUT2D eigenvalue weighted by Gasteiger charge is 1.95. The number of allylic oxidation sites excluding steroid dienone is 1. The van der Waals surface area contributed by atoms with Crippen LogP contribution in [0.2, 0.25) is 0 Å². The van der Waals surface area contributed by atoms with E-state index >= 15 is 0 Å². The third-order valence-electron chi connectivity index (χ3n) is 1.68. The predicted octanol–water partition coefficient (Wildman–Crippen LogP) is 3.12. The largest absolute Gasteiger partial charge is 0.256 e. The summed E-state index contributed by atoms with van der Waals surface area (Å²) in [6.45, 7) is 8.32. The standard InChI is InChI=1S/C11H15N/c1-8(2)5-11-10(4)6-9(3)7-12-11/h5-7H,1-4H3. The zero-order chi connectivity index (χ0) is 9.14. The monoisotopic (exact) mass is 161 g/mol. The summed E-state index contributed by atoms with van der Waals surface area (Å²) in [5, 5.41) is 0. The first-order valence-corrected chi connectivity index (χ1v) is 4.18. The van der Waals surface area contributed by atoms with Gasteiger partial charge in [-0.25, -0.2) is 0 Å². The molecule has 0 atom stereocenters. The van der Waals surface area contributed by atoms with Gasteiger partial charge in [-0.1, -0.05) is 11.6 Å². The molecule has 0 N–H and O–H groups in total. The number of nitrogens with zero attached hydrogens (tertiary/aromatic N) is 1. The van der Waals surface area contributed by atoms with Gasteiger partial charge >= 0.3 is 0 Å². The molecule has 0 fully saturated rings. The van der Waals surface area contributed by atoms with E-state index in [2.05, 4.69) is 44.8 Å². The van der Waals surface area contributed by atoms with Gasteiger partial charge in [-0.3, -0.25) is 4.98 Å². The summed E-state index contributed by atoms with van der Waals surface area (Å²) in [6.07, 6.45) is 4.01. The second-order valence-corrected chi connectivity index (χ2v) is 3.44. The van der Waals surface area contributed by atoms with Gasteiger partial charge in [0.1, 0.15) is 0 Å². The number of rotatable bonds is 1. The molecule has 0 spiro atoms. The van der Waals surface area contributed by atoms with Crippen molar-refractivity contribution in [2.45, 2.75) is 27.7 Å². The van der Waals surface area contributed by atoms with Crippen molar-refractivity contribution in [2.24, 2.45) is 0 Å². The zero-order valence-corrected chi connectivity index (χ0v) is 8.18. The van der Waals surface area contributed by atoms with Crippen molar-refractivity contribution in [3.05, 3.63) is 34.7 Å². The van der Waals surface area contributed by atoms with Gasteiger partial charge in [-0.2, -0.15) is 0 Å². The minimum atomic E-state index is 1.08. The molecule has 64 valence electrons. The Hall–Kier alpha value is -1.11. The maximum atomic E-state index is 4.34. The van der Waals surface area contributed by atoms with Crippen LogP contribution in [-0.4, -0.2) is 4.98 Å². The van der Waals surface area contributed by atoms with Gasteiger partial charge in [0, 0.05) is 6.20 Å². The molecule has 1 aromatic heterocycles. The predicted molar refractivity (Wildman–Crippen MR) is 53.0 cm³/mol. The SMILES string of the molecule is CC(C)=Cc1ncc(C)cc1C. The smallest absolute Gasteiger partial charge is 0.0658 e. The fraction of sp³-hybridized carbons (Fsp3) is 0.364. The summed E-state index contributed by atoms with van der Waals surface area (Å²) < 4.78 is 0. The Morgan fingerprint density at radius 1 is 1.33 bits per heavy atom. The molecule has 0 unspecified atom stereocenters. The molecule has 0 aliphatic heterocycles. The van der Waals surface area contributed by atoms with Crippen molar-refractivity contribution in [3.63, 3.8) is 0 Å². The van der Waals surface area contributed by atoms with E-state index in [1.165, 1.54) is 16.7 Å². The van der Waals surface area contributed by atoms with E-state index in [1.807, 2.05) is 6.20 Å². The molecule has 1 rings (SSSR count). The van der Waals surface area contributed by atoms with Crippen LogP contribution >= 0.6 is 0 Å². The molecule has 0 radical (unpaired) electrons. The molecule has 0 amide bonds. The van der Waals surface area contributed by atoms with Gasteiger partial charge < -0.3 is 0 Å². The van der Waals surface area contributed by atoms with E-state index in [4.69, 9.17) is 0 Å². The molecule has 1 nitrogen and oxygen atoms in total. The lowest BCUT2D eigenvalue weighted by molar-refractivity contribution is 1.19. The van der Waals surface area contributed by atoms with Crippen molar-refractivity contribution in [3.8, 4) is 0 Å². The summed E-state index contributed by atoms with van der Waals surface area (Å²) in [6, 6.07) is 2.15. The average molecular weight is 161 g/mol. The average Bonchev–Trinajstić information content (AvgIpc) is 1.94. The van der Waals surface area contributed by atoms with Crippen LogP contribution < -0.4 is 0 Å². The highest BCUT2D eigenvalue weighted by atomic mass is 14.7. The van der Waals surface area contributed by atoms with Crippen LogP contribution in [0.4, 0.5) is 0 Å². The Morgan fingerprint density at radius 3 is 2.50 bits per heavy atom. The van der Waals surface area contributed by atoms with Crippen LogP contribution in [0.3, 0.4) is 0 Å². The lowest BCUT2D eigenvalue weighted by Crippen LogP contribution is -1.88. The molecule has 0 aliphatic rings. The summed E-state index contributed by atoms with van der Waals surface area (Å²) in [5.41, 5.74) is 4.84. The highest BCUT2D eigenvalue weighted by Crippen LogP contribution is 2.10. The van der Waals surface area contributed by atoms with Crippen LogP contribution in [-0.2, 0) is 0 Å². The number of aryl methyl sites for hydroxylation is 2. The van der Waals surface area contributed by atoms with Crippen molar-refractivity contribution >= 4 is 6.08 Å². The van der Waals surface area contributed by atoms with E-state index in [-0.39, 0.29) is 0 Å². The maximum Gasteiger partial charge on any atom is 0.0658 e. The zero-order valence-electron chi connectivity index (χ0n) is 8.18. The second-order valence-electron chi connectivity index (χ2n) is 3.44. The number of hydrogen-bond acceptors (Lipinski definition) is 1. The normalized spacial score (nSPS) is 9.67. The third-order valence-corrected chi connectivity index (χ3v) is 1.68. The summed E-state index contributed by atoms with van der Waals surface area (Å²) >= 11 is 0. The van der Waals surface area contributed by atoms with Gasteiger partial charge in [0.15, 0.2) is 0 Å². The summed E-state index contributed by atoms with van der Waals surface area (Å²) in [5.74, 6) is 0. The van der Waals surface area contributed by atoms with E-state index < -0.39 is 0 Å². The van der Waals surface area contributed by atoms with Crippen molar-refractivity contribution in [1.82, 2.24) is 4.98 Å². The van der Waals surface area contributed by atoms with Crippen molar-refractivity contribution < 1.29 is 0 Å². The minimum Gasteiger partial charge on any atom is -0.256 e. The third kappa shape index (κ3) is 2.19. The molecule has 1 heteroatoms. The van der Waals surface area contributed by atoms with E-state index in [0.29, 0.717) is 0 Å². The molecule has 1 aromatic rings. The van der Waals surface area contributed by atoms with Crippen LogP contribution in [0.1, 0.15) is 30.7 Å². The molecule has 0 saturated carbocycles. The molecule has 0 bridgehead atoms. The molecule has 12 heavy (non-hydrogen) atoms. The fourth-order valence-corrected chi connectivity index (χ4v) is 1.15. The Bertz CT molecular complexity index is 307. The Balaban J connectivity index is 3.10.